The van der Waals surface area contributed by atoms with Crippen LogP contribution in [0.3, 0.4) is 0 Å². The quantitative estimate of drug-likeness (QED) is 0.454. The standard InChI is InChI=1S/C20H17N3O5S/c1-12-6-7-16(13(2)8-12)21-18(24)11-22-19(25)17(29-20(22)26)10-14-4-3-5-15(9-14)23(27)28/h3-10H,11H2,1-2H3,(H,21,24)/b17-10+. The van der Waals surface area contributed by atoms with E-state index in [0.29, 0.717) is 23.0 Å². The van der Waals surface area contributed by atoms with Gasteiger partial charge in [-0.25, -0.2) is 0 Å². The van der Waals surface area contributed by atoms with Gasteiger partial charge in [-0.1, -0.05) is 29.8 Å². The lowest BCUT2D eigenvalue weighted by molar-refractivity contribution is -0.384. The molecule has 0 spiro atoms. The number of nitro benzene ring substituents is 1. The van der Waals surface area contributed by atoms with Gasteiger partial charge >= 0.3 is 0 Å². The molecule has 0 atom stereocenters. The number of carbonyl (C=O) groups is 3. The Morgan fingerprint density at radius 3 is 2.66 bits per heavy atom. The van der Waals surface area contributed by atoms with Crippen LogP contribution in [0.4, 0.5) is 16.2 Å². The highest BCUT2D eigenvalue weighted by Gasteiger charge is 2.36. The van der Waals surface area contributed by atoms with Crippen LogP contribution in [-0.4, -0.2) is 33.4 Å². The van der Waals surface area contributed by atoms with E-state index >= 15 is 0 Å². The van der Waals surface area contributed by atoms with Gasteiger partial charge in [0.05, 0.1) is 9.83 Å². The molecule has 1 aliphatic rings. The van der Waals surface area contributed by atoms with Crippen LogP contribution in [0, 0.1) is 24.0 Å². The predicted octanol–water partition coefficient (Wildman–Crippen LogP) is 3.89. The third-order valence-corrected chi connectivity index (χ3v) is 5.12. The van der Waals surface area contributed by atoms with E-state index in [4.69, 9.17) is 0 Å². The van der Waals surface area contributed by atoms with Gasteiger partial charge in [-0.3, -0.25) is 29.4 Å². The maximum atomic E-state index is 12.5. The first kappa shape index (κ1) is 20.3. The van der Waals surface area contributed by atoms with Crippen molar-refractivity contribution in [2.24, 2.45) is 0 Å². The number of thioether (sulfide) groups is 1. The second-order valence-electron chi connectivity index (χ2n) is 6.49. The predicted molar refractivity (Wildman–Crippen MR) is 110 cm³/mol. The maximum absolute atomic E-state index is 12.5. The largest absolute Gasteiger partial charge is 0.324 e. The Balaban J connectivity index is 1.72. The van der Waals surface area contributed by atoms with Crippen molar-refractivity contribution in [2.45, 2.75) is 13.8 Å². The van der Waals surface area contributed by atoms with Crippen molar-refractivity contribution in [3.63, 3.8) is 0 Å². The number of imide groups is 1. The third-order valence-electron chi connectivity index (χ3n) is 4.21. The number of hydrogen-bond acceptors (Lipinski definition) is 6. The molecule has 0 bridgehead atoms. The van der Waals surface area contributed by atoms with E-state index in [-0.39, 0.29) is 10.6 Å². The summed E-state index contributed by atoms with van der Waals surface area (Å²) in [6, 6.07) is 11.3. The first-order valence-corrected chi connectivity index (χ1v) is 9.43. The lowest BCUT2D eigenvalue weighted by Gasteiger charge is -2.14. The summed E-state index contributed by atoms with van der Waals surface area (Å²) >= 11 is 0.693. The van der Waals surface area contributed by atoms with Crippen LogP contribution in [0.1, 0.15) is 16.7 Å². The van der Waals surface area contributed by atoms with E-state index in [1.807, 2.05) is 26.0 Å². The summed E-state index contributed by atoms with van der Waals surface area (Å²) in [7, 11) is 0. The van der Waals surface area contributed by atoms with Gasteiger partial charge in [-0.05, 0) is 48.9 Å². The van der Waals surface area contributed by atoms with Gasteiger partial charge in [0.25, 0.3) is 16.8 Å². The Labute approximate surface area is 170 Å². The Morgan fingerprint density at radius 1 is 1.21 bits per heavy atom. The van der Waals surface area contributed by atoms with E-state index in [9.17, 15) is 24.5 Å². The van der Waals surface area contributed by atoms with Gasteiger partial charge in [0, 0.05) is 17.8 Å². The van der Waals surface area contributed by atoms with Crippen LogP contribution < -0.4 is 5.32 Å². The van der Waals surface area contributed by atoms with E-state index in [2.05, 4.69) is 5.32 Å². The number of nitro groups is 1. The number of amides is 3. The summed E-state index contributed by atoms with van der Waals surface area (Å²) in [5.41, 5.74) is 2.84. The highest BCUT2D eigenvalue weighted by atomic mass is 32.2. The summed E-state index contributed by atoms with van der Waals surface area (Å²) in [6.07, 6.45) is 1.40. The van der Waals surface area contributed by atoms with Crippen LogP contribution in [0.15, 0.2) is 47.4 Å². The molecule has 0 unspecified atom stereocenters. The average molecular weight is 411 g/mol. The summed E-state index contributed by atoms with van der Waals surface area (Å²) in [4.78, 5) is 48.4. The minimum atomic E-state index is -0.609. The van der Waals surface area contributed by atoms with Gasteiger partial charge in [-0.15, -0.1) is 0 Å². The summed E-state index contributed by atoms with van der Waals surface area (Å²) < 4.78 is 0. The van der Waals surface area contributed by atoms with Crippen LogP contribution in [0.2, 0.25) is 0 Å². The van der Waals surface area contributed by atoms with Crippen molar-refractivity contribution in [3.05, 3.63) is 74.2 Å². The van der Waals surface area contributed by atoms with Gasteiger partial charge in [0.2, 0.25) is 5.91 Å². The molecule has 1 aliphatic heterocycles. The van der Waals surface area contributed by atoms with Crippen LogP contribution in [0.25, 0.3) is 6.08 Å². The SMILES string of the molecule is Cc1ccc(NC(=O)CN2C(=O)S/C(=C/c3cccc([N+](=O)[O-])c3)C2=O)c(C)c1. The molecule has 148 valence electrons. The summed E-state index contributed by atoms with van der Waals surface area (Å²) in [5.74, 6) is -1.10. The zero-order valence-corrected chi connectivity index (χ0v) is 16.5. The van der Waals surface area contributed by atoms with Crippen molar-refractivity contribution in [1.29, 1.82) is 0 Å². The van der Waals surface area contributed by atoms with Gasteiger partial charge in [-0.2, -0.15) is 0 Å². The molecule has 0 aliphatic carbocycles. The number of benzene rings is 2. The average Bonchev–Trinajstić information content (AvgIpc) is 2.91. The lowest BCUT2D eigenvalue weighted by atomic mass is 10.1. The summed E-state index contributed by atoms with van der Waals surface area (Å²) in [5, 5.41) is 13.0. The fourth-order valence-corrected chi connectivity index (χ4v) is 3.64. The number of carbonyl (C=O) groups excluding carboxylic acids is 3. The monoisotopic (exact) mass is 411 g/mol. The Kier molecular flexibility index (Phi) is 5.79. The molecule has 2 aromatic carbocycles. The number of non-ortho nitro benzene ring substituents is 1. The fraction of sp³-hybridized carbons (Fsp3) is 0.150. The van der Waals surface area contributed by atoms with Gasteiger partial charge < -0.3 is 5.32 Å². The van der Waals surface area contributed by atoms with Crippen molar-refractivity contribution < 1.29 is 19.3 Å². The number of anilines is 1. The molecule has 3 amide bonds. The maximum Gasteiger partial charge on any atom is 0.294 e. The fourth-order valence-electron chi connectivity index (χ4n) is 2.80. The Morgan fingerprint density at radius 2 is 1.97 bits per heavy atom. The van der Waals surface area contributed by atoms with Crippen LogP contribution in [-0.2, 0) is 9.59 Å². The van der Waals surface area contributed by atoms with E-state index < -0.39 is 28.5 Å². The van der Waals surface area contributed by atoms with Crippen molar-refractivity contribution in [1.82, 2.24) is 4.90 Å². The van der Waals surface area contributed by atoms with Crippen LogP contribution in [0.5, 0.6) is 0 Å². The highest BCUT2D eigenvalue weighted by Crippen LogP contribution is 2.32. The second kappa shape index (κ2) is 8.27. The number of nitrogens with one attached hydrogen (secondary N) is 1. The van der Waals surface area contributed by atoms with Crippen molar-refractivity contribution in [3.8, 4) is 0 Å². The molecule has 1 fully saturated rings. The number of hydrogen-bond donors (Lipinski definition) is 1. The van der Waals surface area contributed by atoms with Gasteiger partial charge in [0.15, 0.2) is 0 Å². The zero-order chi connectivity index (χ0) is 21.1. The molecule has 1 heterocycles. The number of aryl methyl sites for hydroxylation is 2. The molecule has 1 saturated heterocycles. The number of rotatable bonds is 5. The lowest BCUT2D eigenvalue weighted by Crippen LogP contribution is -2.36. The van der Waals surface area contributed by atoms with E-state index in [1.165, 1.54) is 24.3 Å². The molecule has 9 heteroatoms. The summed E-state index contributed by atoms with van der Waals surface area (Å²) in [6.45, 7) is 3.38. The Bertz CT molecular complexity index is 1060. The van der Waals surface area contributed by atoms with Crippen molar-refractivity contribution >= 4 is 46.3 Å². The second-order valence-corrected chi connectivity index (χ2v) is 7.48. The number of nitrogens with zero attached hydrogens (tertiary/aromatic N) is 2. The molecular formula is C20H17N3O5S. The smallest absolute Gasteiger partial charge is 0.294 e. The molecule has 0 aromatic heterocycles. The minimum absolute atomic E-state index is 0.106. The van der Waals surface area contributed by atoms with Crippen LogP contribution >= 0.6 is 11.8 Å². The molecule has 2 aromatic rings. The normalized spacial score (nSPS) is 15.1. The molecular weight excluding hydrogens is 394 g/mol. The first-order valence-electron chi connectivity index (χ1n) is 8.61. The van der Waals surface area contributed by atoms with E-state index in [1.54, 1.807) is 12.1 Å². The minimum Gasteiger partial charge on any atom is -0.324 e. The third kappa shape index (κ3) is 4.69. The molecule has 8 nitrogen and oxygen atoms in total. The molecule has 3 rings (SSSR count). The zero-order valence-electron chi connectivity index (χ0n) is 15.7. The first-order chi connectivity index (χ1) is 13.7. The van der Waals surface area contributed by atoms with Gasteiger partial charge in [0.1, 0.15) is 6.54 Å². The topological polar surface area (TPSA) is 110 Å². The Hall–Kier alpha value is -3.46. The molecule has 0 saturated carbocycles. The highest BCUT2D eigenvalue weighted by molar-refractivity contribution is 8.18. The molecule has 0 radical (unpaired) electrons. The molecule has 29 heavy (non-hydrogen) atoms. The van der Waals surface area contributed by atoms with Crippen molar-refractivity contribution in [2.75, 3.05) is 11.9 Å². The van der Waals surface area contributed by atoms with E-state index in [0.717, 1.165) is 16.0 Å². The molecule has 1 N–H and O–H groups in total.